The maximum absolute atomic E-state index is 11.4. The Kier molecular flexibility index (Phi) is 6.28. The Morgan fingerprint density at radius 2 is 2.20 bits per heavy atom. The first-order valence-electron chi connectivity index (χ1n) is 5.36. The van der Waals surface area contributed by atoms with Crippen LogP contribution in [0.15, 0.2) is 17.5 Å². The Morgan fingerprint density at radius 1 is 1.40 bits per heavy atom. The van der Waals surface area contributed by atoms with Crippen molar-refractivity contribution >= 4 is 17.1 Å². The lowest BCUT2D eigenvalue weighted by atomic mass is 10.1. The van der Waals surface area contributed by atoms with Gasteiger partial charge in [0.25, 0.3) is 0 Å². The van der Waals surface area contributed by atoms with Gasteiger partial charge >= 0.3 is 0 Å². The van der Waals surface area contributed by atoms with Gasteiger partial charge in [0.1, 0.15) is 5.78 Å². The van der Waals surface area contributed by atoms with E-state index in [1.54, 1.807) is 18.4 Å². The van der Waals surface area contributed by atoms with Gasteiger partial charge in [-0.1, -0.05) is 6.07 Å². The quantitative estimate of drug-likeness (QED) is 0.637. The molecular weight excluding hydrogens is 208 g/mol. The summed E-state index contributed by atoms with van der Waals surface area (Å²) in [6, 6.07) is 4.18. The zero-order chi connectivity index (χ0) is 10.9. The zero-order valence-electron chi connectivity index (χ0n) is 9.20. The molecule has 0 saturated carbocycles. The molecule has 15 heavy (non-hydrogen) atoms. The Balaban J connectivity index is 2.02. The van der Waals surface area contributed by atoms with Crippen LogP contribution in [0.3, 0.4) is 0 Å². The van der Waals surface area contributed by atoms with Crippen molar-refractivity contribution in [3.8, 4) is 0 Å². The Hall–Kier alpha value is -0.670. The lowest BCUT2D eigenvalue weighted by Crippen LogP contribution is -2.00. The van der Waals surface area contributed by atoms with Gasteiger partial charge in [-0.3, -0.25) is 4.79 Å². The van der Waals surface area contributed by atoms with E-state index in [9.17, 15) is 4.79 Å². The van der Waals surface area contributed by atoms with Crippen LogP contribution in [-0.2, 0) is 16.0 Å². The first kappa shape index (κ1) is 12.4. The Bertz CT molecular complexity index is 267. The van der Waals surface area contributed by atoms with E-state index in [1.807, 2.05) is 0 Å². The van der Waals surface area contributed by atoms with E-state index >= 15 is 0 Å². The van der Waals surface area contributed by atoms with Gasteiger partial charge in [0, 0.05) is 31.4 Å². The van der Waals surface area contributed by atoms with Crippen molar-refractivity contribution in [1.82, 2.24) is 0 Å². The molecule has 84 valence electrons. The molecule has 1 heterocycles. The van der Waals surface area contributed by atoms with Gasteiger partial charge in [-0.05, 0) is 30.7 Å². The summed E-state index contributed by atoms with van der Waals surface area (Å²) in [5.41, 5.74) is 0. The molecule has 0 amide bonds. The monoisotopic (exact) mass is 226 g/mol. The van der Waals surface area contributed by atoms with Crippen molar-refractivity contribution in [2.24, 2.45) is 0 Å². The average Bonchev–Trinajstić information content (AvgIpc) is 2.71. The van der Waals surface area contributed by atoms with Crippen molar-refractivity contribution < 1.29 is 9.53 Å². The van der Waals surface area contributed by atoms with Crippen molar-refractivity contribution in [3.05, 3.63) is 22.4 Å². The number of carbonyl (C=O) groups excluding carboxylic acids is 1. The number of methoxy groups -OCH3 is 1. The standard InChI is InChI=1S/C12H18O2S/c1-14-9-3-6-11(13)5-2-7-12-8-4-10-15-12/h4,8,10H,2-3,5-7,9H2,1H3. The molecule has 0 atom stereocenters. The minimum Gasteiger partial charge on any atom is -0.385 e. The largest absolute Gasteiger partial charge is 0.385 e. The van der Waals surface area contributed by atoms with Crippen LogP contribution in [0.25, 0.3) is 0 Å². The molecule has 0 saturated heterocycles. The molecular formula is C12H18O2S. The Labute approximate surface area is 95.3 Å². The first-order chi connectivity index (χ1) is 7.33. The van der Waals surface area contributed by atoms with E-state index in [0.29, 0.717) is 25.2 Å². The predicted molar refractivity (Wildman–Crippen MR) is 63.4 cm³/mol. The summed E-state index contributed by atoms with van der Waals surface area (Å²) in [5.74, 6) is 0.364. The highest BCUT2D eigenvalue weighted by atomic mass is 32.1. The van der Waals surface area contributed by atoms with Gasteiger partial charge in [-0.2, -0.15) is 0 Å². The number of carbonyl (C=O) groups is 1. The third-order valence-electron chi connectivity index (χ3n) is 2.26. The van der Waals surface area contributed by atoms with Crippen LogP contribution in [0, 0.1) is 0 Å². The van der Waals surface area contributed by atoms with Gasteiger partial charge in [-0.15, -0.1) is 11.3 Å². The number of rotatable bonds is 8. The summed E-state index contributed by atoms with van der Waals surface area (Å²) in [7, 11) is 1.67. The maximum Gasteiger partial charge on any atom is 0.133 e. The lowest BCUT2D eigenvalue weighted by molar-refractivity contribution is -0.119. The van der Waals surface area contributed by atoms with Crippen LogP contribution < -0.4 is 0 Å². The normalized spacial score (nSPS) is 10.5. The summed E-state index contributed by atoms with van der Waals surface area (Å²) < 4.78 is 4.91. The van der Waals surface area contributed by atoms with Crippen molar-refractivity contribution in [2.45, 2.75) is 32.1 Å². The number of hydrogen-bond acceptors (Lipinski definition) is 3. The Morgan fingerprint density at radius 3 is 2.87 bits per heavy atom. The molecule has 2 nitrogen and oxygen atoms in total. The topological polar surface area (TPSA) is 26.3 Å². The number of aryl methyl sites for hydroxylation is 1. The van der Waals surface area contributed by atoms with E-state index < -0.39 is 0 Å². The van der Waals surface area contributed by atoms with Crippen molar-refractivity contribution in [2.75, 3.05) is 13.7 Å². The summed E-state index contributed by atoms with van der Waals surface area (Å²) in [6.07, 6.45) is 4.24. The van der Waals surface area contributed by atoms with E-state index in [-0.39, 0.29) is 0 Å². The van der Waals surface area contributed by atoms with Gasteiger partial charge in [0.05, 0.1) is 0 Å². The third kappa shape index (κ3) is 5.70. The molecule has 0 fully saturated rings. The lowest BCUT2D eigenvalue weighted by Gasteiger charge is -2.00. The molecule has 0 aliphatic heterocycles. The zero-order valence-corrected chi connectivity index (χ0v) is 10.0. The van der Waals surface area contributed by atoms with Crippen molar-refractivity contribution in [3.63, 3.8) is 0 Å². The van der Waals surface area contributed by atoms with Crippen LogP contribution in [0.4, 0.5) is 0 Å². The van der Waals surface area contributed by atoms with Gasteiger partial charge in [-0.25, -0.2) is 0 Å². The van der Waals surface area contributed by atoms with Gasteiger partial charge < -0.3 is 4.74 Å². The van der Waals surface area contributed by atoms with Crippen LogP contribution >= 0.6 is 11.3 Å². The second kappa shape index (κ2) is 7.60. The van der Waals surface area contributed by atoms with E-state index in [1.165, 1.54) is 4.88 Å². The molecule has 0 unspecified atom stereocenters. The molecule has 0 N–H and O–H groups in total. The van der Waals surface area contributed by atoms with E-state index in [2.05, 4.69) is 17.5 Å². The third-order valence-corrected chi connectivity index (χ3v) is 3.20. The summed E-state index contributed by atoms with van der Waals surface area (Å²) in [4.78, 5) is 12.8. The summed E-state index contributed by atoms with van der Waals surface area (Å²) >= 11 is 1.76. The van der Waals surface area contributed by atoms with E-state index in [0.717, 1.165) is 19.3 Å². The highest BCUT2D eigenvalue weighted by Gasteiger charge is 2.02. The highest BCUT2D eigenvalue weighted by Crippen LogP contribution is 2.12. The molecule has 1 rings (SSSR count). The highest BCUT2D eigenvalue weighted by molar-refractivity contribution is 7.09. The minimum absolute atomic E-state index is 0.364. The number of Topliss-reactive ketones (excluding diaryl/α,β-unsaturated/α-hetero) is 1. The average molecular weight is 226 g/mol. The van der Waals surface area contributed by atoms with Crippen LogP contribution in [0.2, 0.25) is 0 Å². The second-order valence-electron chi connectivity index (χ2n) is 3.57. The van der Waals surface area contributed by atoms with Crippen LogP contribution in [0.1, 0.15) is 30.6 Å². The van der Waals surface area contributed by atoms with E-state index in [4.69, 9.17) is 4.74 Å². The molecule has 0 radical (unpaired) electrons. The molecule has 0 bridgehead atoms. The second-order valence-corrected chi connectivity index (χ2v) is 4.60. The molecule has 0 aromatic carbocycles. The van der Waals surface area contributed by atoms with Gasteiger partial charge in [0.15, 0.2) is 0 Å². The fourth-order valence-corrected chi connectivity index (χ4v) is 2.20. The van der Waals surface area contributed by atoms with Gasteiger partial charge in [0.2, 0.25) is 0 Å². The fourth-order valence-electron chi connectivity index (χ4n) is 1.45. The predicted octanol–water partition coefficient (Wildman–Crippen LogP) is 3.07. The molecule has 0 spiro atoms. The number of ether oxygens (including phenoxy) is 1. The van der Waals surface area contributed by atoms with Crippen LogP contribution in [-0.4, -0.2) is 19.5 Å². The summed E-state index contributed by atoms with van der Waals surface area (Å²) in [5, 5.41) is 2.08. The molecule has 3 heteroatoms. The molecule has 1 aromatic rings. The first-order valence-corrected chi connectivity index (χ1v) is 6.24. The fraction of sp³-hybridized carbons (Fsp3) is 0.583. The molecule has 0 aliphatic carbocycles. The minimum atomic E-state index is 0.364. The smallest absolute Gasteiger partial charge is 0.133 e. The summed E-state index contributed by atoms with van der Waals surface area (Å²) in [6.45, 7) is 0.691. The molecule has 0 aliphatic rings. The number of thiophene rings is 1. The number of hydrogen-bond donors (Lipinski definition) is 0. The van der Waals surface area contributed by atoms with Crippen molar-refractivity contribution in [1.29, 1.82) is 0 Å². The maximum atomic E-state index is 11.4. The van der Waals surface area contributed by atoms with Crippen LogP contribution in [0.5, 0.6) is 0 Å². The number of ketones is 1. The molecule has 1 aromatic heterocycles. The SMILES string of the molecule is COCCCC(=O)CCCc1cccs1.